The Balaban J connectivity index is 2.30. The fourth-order valence-corrected chi connectivity index (χ4v) is 1.33. The Labute approximate surface area is 86.5 Å². The van der Waals surface area contributed by atoms with Gasteiger partial charge in [0.15, 0.2) is 18.1 Å². The quantitative estimate of drug-likeness (QED) is 0.700. The van der Waals surface area contributed by atoms with Gasteiger partial charge in [0, 0.05) is 20.3 Å². The van der Waals surface area contributed by atoms with Crippen molar-refractivity contribution in [2.24, 2.45) is 0 Å². The number of hydrogen-bond acceptors (Lipinski definition) is 4. The first kappa shape index (κ1) is 10.2. The molecule has 1 aliphatic rings. The van der Waals surface area contributed by atoms with Crippen LogP contribution < -0.4 is 9.47 Å². The number of methoxy groups -OCH3 is 2. The molecule has 0 N–H and O–H groups in total. The number of fused-ring (bicyclic) bond motifs is 1. The van der Waals surface area contributed by atoms with Crippen molar-refractivity contribution in [2.45, 2.75) is 5.97 Å². The zero-order chi connectivity index (χ0) is 10.9. The molecule has 1 aromatic carbocycles. The zero-order valence-electron chi connectivity index (χ0n) is 8.45. The van der Waals surface area contributed by atoms with Crippen molar-refractivity contribution in [3.05, 3.63) is 24.0 Å². The van der Waals surface area contributed by atoms with Crippen LogP contribution in [0.1, 0.15) is 0 Å². The average Bonchev–Trinajstić information content (AvgIpc) is 2.28. The minimum absolute atomic E-state index is 0.0520. The first-order chi connectivity index (χ1) is 7.19. The van der Waals surface area contributed by atoms with Gasteiger partial charge in [0.25, 0.3) is 0 Å². The van der Waals surface area contributed by atoms with Crippen LogP contribution in [0.15, 0.2) is 18.2 Å². The van der Waals surface area contributed by atoms with Crippen LogP contribution >= 0.6 is 0 Å². The highest BCUT2D eigenvalue weighted by Gasteiger charge is 2.38. The molecular formula is C10H11FO4. The van der Waals surface area contributed by atoms with Crippen molar-refractivity contribution < 1.29 is 23.3 Å². The Hall–Kier alpha value is -1.33. The van der Waals surface area contributed by atoms with Gasteiger partial charge in [0.05, 0.1) is 0 Å². The van der Waals surface area contributed by atoms with E-state index >= 15 is 0 Å². The highest BCUT2D eigenvalue weighted by molar-refractivity contribution is 5.41. The predicted molar refractivity (Wildman–Crippen MR) is 49.3 cm³/mol. The summed E-state index contributed by atoms with van der Waals surface area (Å²) < 4.78 is 33.7. The standard InChI is InChI=1S/C10H11FO4/c1-12-10(13-2)6-14-9-5-7(11)3-4-8(9)15-10/h3-5H,6H2,1-2H3. The summed E-state index contributed by atoms with van der Waals surface area (Å²) in [6, 6.07) is 4.00. The lowest BCUT2D eigenvalue weighted by molar-refractivity contribution is -0.340. The zero-order valence-corrected chi connectivity index (χ0v) is 8.45. The van der Waals surface area contributed by atoms with Gasteiger partial charge < -0.3 is 18.9 Å². The van der Waals surface area contributed by atoms with Crippen LogP contribution in [-0.4, -0.2) is 26.8 Å². The van der Waals surface area contributed by atoms with Crippen LogP contribution in [0.2, 0.25) is 0 Å². The van der Waals surface area contributed by atoms with E-state index in [1.165, 1.54) is 32.4 Å². The first-order valence-corrected chi connectivity index (χ1v) is 4.41. The Morgan fingerprint density at radius 3 is 2.67 bits per heavy atom. The SMILES string of the molecule is COC1(OC)COc2cc(F)ccc2O1. The third kappa shape index (κ3) is 1.75. The maximum Gasteiger partial charge on any atom is 0.363 e. The fraction of sp³-hybridized carbons (Fsp3) is 0.400. The van der Waals surface area contributed by atoms with E-state index in [0.29, 0.717) is 11.5 Å². The van der Waals surface area contributed by atoms with Crippen molar-refractivity contribution in [1.82, 2.24) is 0 Å². The second kappa shape index (κ2) is 3.67. The molecule has 0 bridgehead atoms. The Morgan fingerprint density at radius 2 is 2.00 bits per heavy atom. The summed E-state index contributed by atoms with van der Waals surface area (Å²) in [7, 11) is 2.89. The molecule has 0 aliphatic carbocycles. The molecule has 1 aromatic rings. The third-order valence-electron chi connectivity index (χ3n) is 2.20. The number of rotatable bonds is 2. The molecule has 0 aromatic heterocycles. The summed E-state index contributed by atoms with van der Waals surface area (Å²) in [6.45, 7) is 0.0520. The molecule has 4 nitrogen and oxygen atoms in total. The fourth-order valence-electron chi connectivity index (χ4n) is 1.33. The summed E-state index contributed by atoms with van der Waals surface area (Å²) >= 11 is 0. The molecule has 0 saturated carbocycles. The van der Waals surface area contributed by atoms with Crippen molar-refractivity contribution >= 4 is 0 Å². The highest BCUT2D eigenvalue weighted by atomic mass is 19.1. The maximum atomic E-state index is 12.9. The smallest absolute Gasteiger partial charge is 0.363 e. The van der Waals surface area contributed by atoms with Crippen LogP contribution in [0.3, 0.4) is 0 Å². The summed E-state index contributed by atoms with van der Waals surface area (Å²) in [5.74, 6) is -0.879. The van der Waals surface area contributed by atoms with Crippen LogP contribution in [0.4, 0.5) is 4.39 Å². The van der Waals surface area contributed by atoms with E-state index in [-0.39, 0.29) is 12.4 Å². The average molecular weight is 214 g/mol. The van der Waals surface area contributed by atoms with Gasteiger partial charge in [-0.1, -0.05) is 0 Å². The number of benzene rings is 1. The van der Waals surface area contributed by atoms with Gasteiger partial charge in [-0.05, 0) is 12.1 Å². The molecule has 2 rings (SSSR count). The minimum atomic E-state index is -1.25. The molecular weight excluding hydrogens is 203 g/mol. The number of hydrogen-bond donors (Lipinski definition) is 0. The van der Waals surface area contributed by atoms with Gasteiger partial charge in [-0.2, -0.15) is 0 Å². The lowest BCUT2D eigenvalue weighted by Crippen LogP contribution is -2.48. The Morgan fingerprint density at radius 1 is 1.27 bits per heavy atom. The number of halogens is 1. The van der Waals surface area contributed by atoms with E-state index in [0.717, 1.165) is 0 Å². The lowest BCUT2D eigenvalue weighted by Gasteiger charge is -2.34. The van der Waals surface area contributed by atoms with E-state index in [9.17, 15) is 4.39 Å². The van der Waals surface area contributed by atoms with Crippen molar-refractivity contribution in [3.63, 3.8) is 0 Å². The second-order valence-electron chi connectivity index (χ2n) is 3.07. The molecule has 1 heterocycles. The largest absolute Gasteiger partial charge is 0.480 e. The van der Waals surface area contributed by atoms with E-state index in [1.807, 2.05) is 0 Å². The van der Waals surface area contributed by atoms with E-state index in [2.05, 4.69) is 0 Å². The van der Waals surface area contributed by atoms with Crippen molar-refractivity contribution in [2.75, 3.05) is 20.8 Å². The molecule has 0 spiro atoms. The first-order valence-electron chi connectivity index (χ1n) is 4.41. The molecule has 0 fully saturated rings. The molecule has 0 unspecified atom stereocenters. The highest BCUT2D eigenvalue weighted by Crippen LogP contribution is 2.36. The molecule has 0 radical (unpaired) electrons. The normalized spacial score (nSPS) is 17.5. The van der Waals surface area contributed by atoms with Gasteiger partial charge in [0.2, 0.25) is 0 Å². The summed E-state index contributed by atoms with van der Waals surface area (Å²) in [5, 5.41) is 0. The molecule has 5 heteroatoms. The maximum absolute atomic E-state index is 12.9. The molecule has 1 aliphatic heterocycles. The van der Waals surface area contributed by atoms with Crippen LogP contribution in [0.5, 0.6) is 11.5 Å². The Bertz CT molecular complexity index is 362. The van der Waals surface area contributed by atoms with E-state index in [4.69, 9.17) is 18.9 Å². The van der Waals surface area contributed by atoms with Crippen LogP contribution in [0, 0.1) is 5.82 Å². The molecule has 0 atom stereocenters. The van der Waals surface area contributed by atoms with Gasteiger partial charge in [0.1, 0.15) is 5.82 Å². The molecule has 0 saturated heterocycles. The Kier molecular flexibility index (Phi) is 2.50. The van der Waals surface area contributed by atoms with Gasteiger partial charge >= 0.3 is 5.97 Å². The topological polar surface area (TPSA) is 36.9 Å². The summed E-state index contributed by atoms with van der Waals surface area (Å²) in [5.41, 5.74) is 0. The molecule has 0 amide bonds. The van der Waals surface area contributed by atoms with Gasteiger partial charge in [-0.25, -0.2) is 4.39 Å². The minimum Gasteiger partial charge on any atom is -0.480 e. The third-order valence-corrected chi connectivity index (χ3v) is 2.20. The number of ether oxygens (including phenoxy) is 4. The molecule has 15 heavy (non-hydrogen) atoms. The molecule has 82 valence electrons. The van der Waals surface area contributed by atoms with Crippen LogP contribution in [0.25, 0.3) is 0 Å². The van der Waals surface area contributed by atoms with Crippen molar-refractivity contribution in [3.8, 4) is 11.5 Å². The van der Waals surface area contributed by atoms with Crippen molar-refractivity contribution in [1.29, 1.82) is 0 Å². The van der Waals surface area contributed by atoms with Crippen LogP contribution in [-0.2, 0) is 9.47 Å². The lowest BCUT2D eigenvalue weighted by atomic mass is 10.3. The van der Waals surface area contributed by atoms with Gasteiger partial charge in [-0.3, -0.25) is 0 Å². The second-order valence-corrected chi connectivity index (χ2v) is 3.07. The van der Waals surface area contributed by atoms with Gasteiger partial charge in [-0.15, -0.1) is 0 Å². The summed E-state index contributed by atoms with van der Waals surface area (Å²) in [4.78, 5) is 0. The van der Waals surface area contributed by atoms with E-state index < -0.39 is 5.97 Å². The monoisotopic (exact) mass is 214 g/mol. The summed E-state index contributed by atoms with van der Waals surface area (Å²) in [6.07, 6.45) is 0. The predicted octanol–water partition coefficient (Wildman–Crippen LogP) is 1.54. The van der Waals surface area contributed by atoms with E-state index in [1.54, 1.807) is 0 Å².